The van der Waals surface area contributed by atoms with Crippen LogP contribution in [0.4, 0.5) is 0 Å². The molecule has 1 rings (SSSR count). The van der Waals surface area contributed by atoms with Crippen molar-refractivity contribution in [1.82, 2.24) is 0 Å². The summed E-state index contributed by atoms with van der Waals surface area (Å²) in [5.74, 6) is 0.559. The zero-order valence-electron chi connectivity index (χ0n) is 9.68. The highest BCUT2D eigenvalue weighted by molar-refractivity contribution is 5.77. The molecule has 0 saturated heterocycles. The van der Waals surface area contributed by atoms with Gasteiger partial charge in [0.25, 0.3) is 0 Å². The summed E-state index contributed by atoms with van der Waals surface area (Å²) in [7, 11) is 1.65. The van der Waals surface area contributed by atoms with Crippen LogP contribution in [0.2, 0.25) is 0 Å². The Morgan fingerprint density at radius 2 is 1.93 bits per heavy atom. The quantitative estimate of drug-likeness (QED) is 0.819. The Kier molecular flexibility index (Phi) is 3.35. The molecule has 0 saturated carbocycles. The number of methoxy groups -OCH3 is 1. The van der Waals surface area contributed by atoms with E-state index in [1.54, 1.807) is 7.11 Å². The van der Waals surface area contributed by atoms with Crippen molar-refractivity contribution in [3.8, 4) is 5.75 Å². The number of amides is 1. The molecule has 0 spiro atoms. The van der Waals surface area contributed by atoms with Gasteiger partial charge < -0.3 is 10.5 Å². The van der Waals surface area contributed by atoms with Crippen molar-refractivity contribution in [2.45, 2.75) is 27.2 Å². The molecule has 3 nitrogen and oxygen atoms in total. The predicted molar refractivity (Wildman–Crippen MR) is 60.1 cm³/mol. The normalized spacial score (nSPS) is 10.1. The molecule has 2 N–H and O–H groups in total. The molecule has 15 heavy (non-hydrogen) atoms. The van der Waals surface area contributed by atoms with Gasteiger partial charge in [-0.2, -0.15) is 0 Å². The molecule has 0 unspecified atom stereocenters. The van der Waals surface area contributed by atoms with Crippen LogP contribution in [-0.2, 0) is 11.2 Å². The van der Waals surface area contributed by atoms with Crippen LogP contribution in [0.1, 0.15) is 22.3 Å². The van der Waals surface area contributed by atoms with Crippen LogP contribution in [0, 0.1) is 20.8 Å². The molecule has 0 fully saturated rings. The average molecular weight is 207 g/mol. The zero-order valence-corrected chi connectivity index (χ0v) is 9.68. The Bertz CT molecular complexity index is 397. The van der Waals surface area contributed by atoms with Gasteiger partial charge in [-0.05, 0) is 49.1 Å². The molecular weight excluding hydrogens is 190 g/mol. The maximum absolute atomic E-state index is 10.9. The van der Waals surface area contributed by atoms with E-state index >= 15 is 0 Å². The first-order valence-electron chi connectivity index (χ1n) is 4.89. The third-order valence-corrected chi connectivity index (χ3v) is 2.78. The van der Waals surface area contributed by atoms with Gasteiger partial charge in [-0.3, -0.25) is 4.79 Å². The third kappa shape index (κ3) is 2.29. The number of primary amides is 1. The van der Waals surface area contributed by atoms with E-state index in [0.717, 1.165) is 28.0 Å². The van der Waals surface area contributed by atoms with Gasteiger partial charge in [0.2, 0.25) is 5.91 Å². The van der Waals surface area contributed by atoms with Gasteiger partial charge >= 0.3 is 0 Å². The first-order valence-corrected chi connectivity index (χ1v) is 4.89. The molecule has 1 amide bonds. The molecular formula is C12H17NO2. The van der Waals surface area contributed by atoms with Gasteiger partial charge in [0.15, 0.2) is 0 Å². The van der Waals surface area contributed by atoms with Crippen molar-refractivity contribution < 1.29 is 9.53 Å². The molecule has 0 radical (unpaired) electrons. The fourth-order valence-corrected chi connectivity index (χ4v) is 1.76. The number of nitrogens with two attached hydrogens (primary N) is 1. The van der Waals surface area contributed by atoms with Crippen LogP contribution >= 0.6 is 0 Å². The van der Waals surface area contributed by atoms with Crippen LogP contribution in [0.15, 0.2) is 6.07 Å². The van der Waals surface area contributed by atoms with E-state index in [1.807, 2.05) is 26.8 Å². The highest BCUT2D eigenvalue weighted by atomic mass is 16.5. The highest BCUT2D eigenvalue weighted by Crippen LogP contribution is 2.27. The number of hydrogen-bond acceptors (Lipinski definition) is 2. The van der Waals surface area contributed by atoms with E-state index in [9.17, 15) is 4.79 Å². The Morgan fingerprint density at radius 1 is 1.33 bits per heavy atom. The van der Waals surface area contributed by atoms with Crippen LogP contribution < -0.4 is 10.5 Å². The number of ether oxygens (including phenoxy) is 1. The molecule has 0 aromatic heterocycles. The average Bonchev–Trinajstić information content (AvgIpc) is 2.18. The van der Waals surface area contributed by atoms with Crippen LogP contribution in [0.25, 0.3) is 0 Å². The monoisotopic (exact) mass is 207 g/mol. The Labute approximate surface area is 90.2 Å². The summed E-state index contributed by atoms with van der Waals surface area (Å²) in [6.07, 6.45) is 0.294. The molecule has 0 aliphatic carbocycles. The van der Waals surface area contributed by atoms with Crippen molar-refractivity contribution in [3.05, 3.63) is 28.3 Å². The van der Waals surface area contributed by atoms with Crippen molar-refractivity contribution in [2.24, 2.45) is 5.73 Å². The number of hydrogen-bond donors (Lipinski definition) is 1. The molecule has 82 valence electrons. The van der Waals surface area contributed by atoms with Gasteiger partial charge in [-0.25, -0.2) is 0 Å². The lowest BCUT2D eigenvalue weighted by Crippen LogP contribution is -2.15. The molecule has 3 heteroatoms. The van der Waals surface area contributed by atoms with E-state index in [0.29, 0.717) is 6.42 Å². The zero-order chi connectivity index (χ0) is 11.6. The third-order valence-electron chi connectivity index (χ3n) is 2.78. The number of carbonyl (C=O) groups is 1. The lowest BCUT2D eigenvalue weighted by Gasteiger charge is -2.14. The van der Waals surface area contributed by atoms with Gasteiger partial charge in [0, 0.05) is 0 Å². The molecule has 1 aromatic rings. The van der Waals surface area contributed by atoms with E-state index < -0.39 is 0 Å². The Morgan fingerprint density at radius 3 is 2.40 bits per heavy atom. The van der Waals surface area contributed by atoms with Crippen molar-refractivity contribution in [3.63, 3.8) is 0 Å². The summed E-state index contributed by atoms with van der Waals surface area (Å²) in [6, 6.07) is 1.95. The molecule has 0 atom stereocenters. The van der Waals surface area contributed by atoms with Gasteiger partial charge in [-0.1, -0.05) is 0 Å². The van der Waals surface area contributed by atoms with Crippen molar-refractivity contribution in [2.75, 3.05) is 7.11 Å². The minimum absolute atomic E-state index is 0.294. The smallest absolute Gasteiger partial charge is 0.221 e. The minimum Gasteiger partial charge on any atom is -0.496 e. The second-order valence-corrected chi connectivity index (χ2v) is 3.77. The topological polar surface area (TPSA) is 52.3 Å². The van der Waals surface area contributed by atoms with Crippen molar-refractivity contribution >= 4 is 5.91 Å². The molecule has 0 heterocycles. The Hall–Kier alpha value is -1.51. The maximum Gasteiger partial charge on any atom is 0.221 e. The predicted octanol–water partition coefficient (Wildman–Crippen LogP) is 1.65. The first kappa shape index (κ1) is 11.6. The molecule has 0 bridgehead atoms. The van der Waals surface area contributed by atoms with Gasteiger partial charge in [0.05, 0.1) is 13.5 Å². The van der Waals surface area contributed by atoms with Crippen molar-refractivity contribution in [1.29, 1.82) is 0 Å². The summed E-state index contributed by atoms with van der Waals surface area (Å²) < 4.78 is 5.25. The van der Waals surface area contributed by atoms with Gasteiger partial charge in [-0.15, -0.1) is 0 Å². The van der Waals surface area contributed by atoms with E-state index in [1.165, 1.54) is 0 Å². The van der Waals surface area contributed by atoms with Gasteiger partial charge in [0.1, 0.15) is 5.75 Å². The van der Waals surface area contributed by atoms with Crippen LogP contribution in [0.5, 0.6) is 5.75 Å². The summed E-state index contributed by atoms with van der Waals surface area (Å²) in [5, 5.41) is 0. The SMILES string of the molecule is COc1cc(C)c(CC(N)=O)c(C)c1C. The second kappa shape index (κ2) is 4.34. The lowest BCUT2D eigenvalue weighted by atomic mass is 9.95. The second-order valence-electron chi connectivity index (χ2n) is 3.77. The molecule has 1 aromatic carbocycles. The lowest BCUT2D eigenvalue weighted by molar-refractivity contribution is -0.117. The summed E-state index contributed by atoms with van der Waals surface area (Å²) >= 11 is 0. The number of carbonyl (C=O) groups excluding carboxylic acids is 1. The largest absolute Gasteiger partial charge is 0.496 e. The number of benzene rings is 1. The fraction of sp³-hybridized carbons (Fsp3) is 0.417. The van der Waals surface area contributed by atoms with E-state index in [4.69, 9.17) is 10.5 Å². The molecule has 0 aliphatic rings. The number of rotatable bonds is 3. The molecule has 0 aliphatic heterocycles. The maximum atomic E-state index is 10.9. The van der Waals surface area contributed by atoms with Crippen LogP contribution in [-0.4, -0.2) is 13.0 Å². The minimum atomic E-state index is -0.300. The fourth-order valence-electron chi connectivity index (χ4n) is 1.76. The van der Waals surface area contributed by atoms with E-state index in [2.05, 4.69) is 0 Å². The summed E-state index contributed by atoms with van der Waals surface area (Å²) in [4.78, 5) is 10.9. The first-order chi connectivity index (χ1) is 6.97. The standard InChI is InChI=1S/C12H17NO2/c1-7-5-11(15-4)9(3)8(2)10(7)6-12(13)14/h5H,6H2,1-4H3,(H2,13,14). The van der Waals surface area contributed by atoms with Crippen LogP contribution in [0.3, 0.4) is 0 Å². The summed E-state index contributed by atoms with van der Waals surface area (Å²) in [5.41, 5.74) is 9.43. The summed E-state index contributed by atoms with van der Waals surface area (Å²) in [6.45, 7) is 5.94. The number of aryl methyl sites for hydroxylation is 1. The van der Waals surface area contributed by atoms with E-state index in [-0.39, 0.29) is 5.91 Å². The highest BCUT2D eigenvalue weighted by Gasteiger charge is 2.11. The Balaban J connectivity index is 3.29.